The molecule has 0 fully saturated rings. The van der Waals surface area contributed by atoms with Gasteiger partial charge in [-0.3, -0.25) is 5.32 Å². The first-order valence-corrected chi connectivity index (χ1v) is 6.23. The Balaban J connectivity index is 3.02. The molecule has 0 aliphatic carbocycles. The van der Waals surface area contributed by atoms with Crippen molar-refractivity contribution in [2.45, 2.75) is 32.7 Å². The van der Waals surface area contributed by atoms with Gasteiger partial charge in [-0.2, -0.15) is 0 Å². The highest BCUT2D eigenvalue weighted by molar-refractivity contribution is 5.82. The Morgan fingerprint density at radius 2 is 1.94 bits per heavy atom. The fourth-order valence-corrected chi connectivity index (χ4v) is 1.73. The van der Waals surface area contributed by atoms with Crippen LogP contribution in [0.1, 0.15) is 32.8 Å². The topological polar surface area (TPSA) is 38.3 Å². The van der Waals surface area contributed by atoms with Crippen LogP contribution in [-0.4, -0.2) is 19.1 Å². The summed E-state index contributed by atoms with van der Waals surface area (Å²) in [6.45, 7) is 6.55. The number of hydrogen-bond donors (Lipinski definition) is 1. The average Bonchev–Trinajstić information content (AvgIpc) is 2.37. The molecular weight excluding hydrogens is 233 g/mol. The summed E-state index contributed by atoms with van der Waals surface area (Å²) in [4.78, 5) is 12.1. The van der Waals surface area contributed by atoms with Crippen LogP contribution in [-0.2, 0) is 15.1 Å². The Morgan fingerprint density at radius 3 is 2.44 bits per heavy atom. The van der Waals surface area contributed by atoms with Crippen molar-refractivity contribution in [2.24, 2.45) is 0 Å². The molecule has 1 unspecified atom stereocenters. The summed E-state index contributed by atoms with van der Waals surface area (Å²) in [6, 6.07) is 5.91. The zero-order valence-corrected chi connectivity index (χ0v) is 11.1. The van der Waals surface area contributed by atoms with Crippen LogP contribution in [0.25, 0.3) is 0 Å². The Morgan fingerprint density at radius 1 is 1.33 bits per heavy atom. The summed E-state index contributed by atoms with van der Waals surface area (Å²) in [5.74, 6) is -0.662. The van der Waals surface area contributed by atoms with Gasteiger partial charge in [-0.25, -0.2) is 9.18 Å². The lowest BCUT2D eigenvalue weighted by molar-refractivity contribution is -0.151. The lowest BCUT2D eigenvalue weighted by Crippen LogP contribution is -2.48. The molecule has 0 spiro atoms. The number of rotatable bonds is 6. The Labute approximate surface area is 107 Å². The van der Waals surface area contributed by atoms with Gasteiger partial charge in [-0.1, -0.05) is 19.1 Å². The highest BCUT2D eigenvalue weighted by Crippen LogP contribution is 2.23. The molecule has 0 radical (unpaired) electrons. The summed E-state index contributed by atoms with van der Waals surface area (Å²) >= 11 is 0. The maximum absolute atomic E-state index is 12.9. The molecule has 18 heavy (non-hydrogen) atoms. The van der Waals surface area contributed by atoms with Crippen molar-refractivity contribution < 1.29 is 13.9 Å². The van der Waals surface area contributed by atoms with Gasteiger partial charge in [-0.05, 0) is 44.5 Å². The minimum atomic E-state index is -0.931. The molecule has 0 aromatic heterocycles. The van der Waals surface area contributed by atoms with Crippen molar-refractivity contribution in [1.29, 1.82) is 0 Å². The van der Waals surface area contributed by atoms with E-state index in [4.69, 9.17) is 4.74 Å². The van der Waals surface area contributed by atoms with E-state index in [-0.39, 0.29) is 11.8 Å². The Bertz CT molecular complexity index is 391. The van der Waals surface area contributed by atoms with E-state index in [1.165, 1.54) is 12.1 Å². The lowest BCUT2D eigenvalue weighted by atomic mass is 9.92. The number of nitrogens with one attached hydrogen (secondary N) is 1. The van der Waals surface area contributed by atoms with E-state index in [1.54, 1.807) is 26.0 Å². The minimum absolute atomic E-state index is 0.319. The number of carbonyl (C=O) groups excluding carboxylic acids is 1. The van der Waals surface area contributed by atoms with E-state index in [0.717, 1.165) is 6.42 Å². The molecular formula is C14H20FNO2. The SMILES string of the molecule is CCCNC(C)(C(=O)OCC)c1ccc(F)cc1. The fraction of sp³-hybridized carbons (Fsp3) is 0.500. The van der Waals surface area contributed by atoms with Crippen LogP contribution >= 0.6 is 0 Å². The molecule has 4 heteroatoms. The molecule has 100 valence electrons. The third-order valence-electron chi connectivity index (χ3n) is 2.83. The predicted octanol–water partition coefficient (Wildman–Crippen LogP) is 2.60. The zero-order valence-electron chi connectivity index (χ0n) is 11.1. The lowest BCUT2D eigenvalue weighted by Gasteiger charge is -2.29. The average molecular weight is 253 g/mol. The number of carbonyl (C=O) groups is 1. The molecule has 0 aliphatic heterocycles. The first-order valence-electron chi connectivity index (χ1n) is 6.23. The summed E-state index contributed by atoms with van der Waals surface area (Å²) in [5.41, 5.74) is -0.226. The molecule has 0 saturated heterocycles. The molecule has 1 N–H and O–H groups in total. The fourth-order valence-electron chi connectivity index (χ4n) is 1.73. The molecule has 3 nitrogen and oxygen atoms in total. The maximum atomic E-state index is 12.9. The van der Waals surface area contributed by atoms with E-state index in [9.17, 15) is 9.18 Å². The van der Waals surface area contributed by atoms with Gasteiger partial charge >= 0.3 is 5.97 Å². The van der Waals surface area contributed by atoms with Crippen LogP contribution < -0.4 is 5.32 Å². The van der Waals surface area contributed by atoms with E-state index in [0.29, 0.717) is 18.7 Å². The molecule has 0 saturated carbocycles. The van der Waals surface area contributed by atoms with Gasteiger partial charge in [0.15, 0.2) is 0 Å². The van der Waals surface area contributed by atoms with E-state index in [1.807, 2.05) is 6.92 Å². The van der Waals surface area contributed by atoms with Crippen molar-refractivity contribution in [1.82, 2.24) is 5.32 Å². The van der Waals surface area contributed by atoms with E-state index in [2.05, 4.69) is 5.32 Å². The molecule has 0 aliphatic rings. The molecule has 1 aromatic carbocycles. The molecule has 0 amide bonds. The quantitative estimate of drug-likeness (QED) is 0.792. The van der Waals surface area contributed by atoms with E-state index >= 15 is 0 Å². The number of ether oxygens (including phenoxy) is 1. The molecule has 0 heterocycles. The van der Waals surface area contributed by atoms with Crippen molar-refractivity contribution in [3.63, 3.8) is 0 Å². The van der Waals surface area contributed by atoms with Crippen molar-refractivity contribution in [2.75, 3.05) is 13.2 Å². The molecule has 1 atom stereocenters. The highest BCUT2D eigenvalue weighted by atomic mass is 19.1. The van der Waals surface area contributed by atoms with Crippen molar-refractivity contribution in [3.05, 3.63) is 35.6 Å². The summed E-state index contributed by atoms with van der Waals surface area (Å²) in [7, 11) is 0. The smallest absolute Gasteiger partial charge is 0.330 e. The molecule has 1 rings (SSSR count). The summed E-state index contributed by atoms with van der Waals surface area (Å²) in [5, 5.41) is 3.17. The highest BCUT2D eigenvalue weighted by Gasteiger charge is 2.35. The van der Waals surface area contributed by atoms with Crippen LogP contribution in [0.2, 0.25) is 0 Å². The number of hydrogen-bond acceptors (Lipinski definition) is 3. The van der Waals surface area contributed by atoms with Crippen LogP contribution in [0.5, 0.6) is 0 Å². The van der Waals surface area contributed by atoms with Crippen LogP contribution in [0.4, 0.5) is 4.39 Å². The molecule has 1 aromatic rings. The number of esters is 1. The monoisotopic (exact) mass is 253 g/mol. The summed E-state index contributed by atoms with van der Waals surface area (Å²) < 4.78 is 18.0. The van der Waals surface area contributed by atoms with Crippen LogP contribution in [0.3, 0.4) is 0 Å². The second kappa shape index (κ2) is 6.50. The van der Waals surface area contributed by atoms with Gasteiger partial charge in [0.05, 0.1) is 6.61 Å². The maximum Gasteiger partial charge on any atom is 0.330 e. The first kappa shape index (κ1) is 14.6. The second-order valence-corrected chi connectivity index (χ2v) is 4.28. The predicted molar refractivity (Wildman–Crippen MR) is 68.7 cm³/mol. The van der Waals surface area contributed by atoms with Crippen LogP contribution in [0.15, 0.2) is 24.3 Å². The number of halogens is 1. The standard InChI is InChI=1S/C14H20FNO2/c1-4-10-16-14(3,13(17)18-5-2)11-6-8-12(15)9-7-11/h6-9,16H,4-5,10H2,1-3H3. The normalized spacial score (nSPS) is 14.0. The van der Waals surface area contributed by atoms with Crippen molar-refractivity contribution >= 4 is 5.97 Å². The van der Waals surface area contributed by atoms with Crippen LogP contribution in [0, 0.1) is 5.82 Å². The Hall–Kier alpha value is -1.42. The zero-order chi connectivity index (χ0) is 13.6. The van der Waals surface area contributed by atoms with E-state index < -0.39 is 5.54 Å². The largest absolute Gasteiger partial charge is 0.464 e. The van der Waals surface area contributed by atoms with Gasteiger partial charge in [0.25, 0.3) is 0 Å². The van der Waals surface area contributed by atoms with Gasteiger partial charge in [0, 0.05) is 0 Å². The second-order valence-electron chi connectivity index (χ2n) is 4.28. The molecule has 0 bridgehead atoms. The first-order chi connectivity index (χ1) is 8.54. The third-order valence-corrected chi connectivity index (χ3v) is 2.83. The van der Waals surface area contributed by atoms with Gasteiger partial charge in [0.2, 0.25) is 0 Å². The van der Waals surface area contributed by atoms with Gasteiger partial charge in [0.1, 0.15) is 11.4 Å². The van der Waals surface area contributed by atoms with Gasteiger partial charge in [-0.15, -0.1) is 0 Å². The van der Waals surface area contributed by atoms with Crippen molar-refractivity contribution in [3.8, 4) is 0 Å². The number of benzene rings is 1. The Kier molecular flexibility index (Phi) is 5.28. The van der Waals surface area contributed by atoms with Gasteiger partial charge < -0.3 is 4.74 Å². The summed E-state index contributed by atoms with van der Waals surface area (Å²) in [6.07, 6.45) is 0.899. The third kappa shape index (κ3) is 3.29. The minimum Gasteiger partial charge on any atom is -0.464 e.